The SMILES string of the molecule is COc1ccc(N2CCN(C(=O)c3cnn4ccn(C)c34)CC2)cn1. The summed E-state index contributed by atoms with van der Waals surface area (Å²) in [5.74, 6) is 0.634. The van der Waals surface area contributed by atoms with E-state index in [1.54, 1.807) is 17.8 Å². The number of fused-ring (bicyclic) bond motifs is 1. The van der Waals surface area contributed by atoms with Crippen molar-refractivity contribution in [3.63, 3.8) is 0 Å². The molecule has 1 fully saturated rings. The molecule has 8 nitrogen and oxygen atoms in total. The number of anilines is 1. The fourth-order valence-electron chi connectivity index (χ4n) is 3.22. The first-order valence-corrected chi connectivity index (χ1v) is 8.20. The van der Waals surface area contributed by atoms with Crippen LogP contribution in [-0.2, 0) is 7.05 Å². The number of amides is 1. The zero-order chi connectivity index (χ0) is 17.4. The minimum absolute atomic E-state index is 0.0318. The van der Waals surface area contributed by atoms with Crippen LogP contribution in [0, 0.1) is 0 Å². The van der Waals surface area contributed by atoms with Crippen molar-refractivity contribution in [3.8, 4) is 5.88 Å². The zero-order valence-electron chi connectivity index (χ0n) is 14.3. The Hall–Kier alpha value is -3.03. The Bertz CT molecular complexity index is 890. The Kier molecular flexibility index (Phi) is 3.79. The third kappa shape index (κ3) is 2.69. The molecule has 1 saturated heterocycles. The summed E-state index contributed by atoms with van der Waals surface area (Å²) in [6.07, 6.45) is 7.20. The van der Waals surface area contributed by atoms with Gasteiger partial charge in [-0.25, -0.2) is 9.50 Å². The van der Waals surface area contributed by atoms with E-state index in [0.29, 0.717) is 24.5 Å². The molecule has 0 atom stereocenters. The normalized spacial score (nSPS) is 15.0. The van der Waals surface area contributed by atoms with E-state index in [9.17, 15) is 4.79 Å². The van der Waals surface area contributed by atoms with Crippen molar-refractivity contribution >= 4 is 17.2 Å². The molecule has 4 heterocycles. The van der Waals surface area contributed by atoms with Gasteiger partial charge in [0.25, 0.3) is 5.91 Å². The summed E-state index contributed by atoms with van der Waals surface area (Å²) < 4.78 is 8.74. The van der Waals surface area contributed by atoms with Crippen molar-refractivity contribution in [2.45, 2.75) is 0 Å². The Morgan fingerprint density at radius 2 is 1.92 bits per heavy atom. The Morgan fingerprint density at radius 3 is 2.60 bits per heavy atom. The smallest absolute Gasteiger partial charge is 0.259 e. The fraction of sp³-hybridized carbons (Fsp3) is 0.353. The largest absolute Gasteiger partial charge is 0.481 e. The predicted octanol–water partition coefficient (Wildman–Crippen LogP) is 1.04. The molecule has 1 aliphatic rings. The van der Waals surface area contributed by atoms with Gasteiger partial charge >= 0.3 is 0 Å². The van der Waals surface area contributed by atoms with E-state index in [2.05, 4.69) is 15.0 Å². The van der Waals surface area contributed by atoms with E-state index >= 15 is 0 Å². The Morgan fingerprint density at radius 1 is 1.12 bits per heavy atom. The summed E-state index contributed by atoms with van der Waals surface area (Å²) in [7, 11) is 3.52. The van der Waals surface area contributed by atoms with Gasteiger partial charge in [-0.1, -0.05) is 0 Å². The third-order valence-electron chi connectivity index (χ3n) is 4.63. The molecule has 4 rings (SSSR count). The van der Waals surface area contributed by atoms with E-state index in [1.807, 2.05) is 47.2 Å². The van der Waals surface area contributed by atoms with Crippen LogP contribution < -0.4 is 9.64 Å². The average Bonchev–Trinajstić information content (AvgIpc) is 3.25. The lowest BCUT2D eigenvalue weighted by Gasteiger charge is -2.35. The molecular formula is C17H20N6O2. The molecule has 25 heavy (non-hydrogen) atoms. The minimum Gasteiger partial charge on any atom is -0.481 e. The first-order chi connectivity index (χ1) is 12.2. The van der Waals surface area contributed by atoms with Gasteiger partial charge in [0, 0.05) is 51.7 Å². The topological polar surface area (TPSA) is 67.9 Å². The lowest BCUT2D eigenvalue weighted by atomic mass is 10.2. The maximum absolute atomic E-state index is 12.9. The number of carbonyl (C=O) groups excluding carboxylic acids is 1. The number of nitrogens with zero attached hydrogens (tertiary/aromatic N) is 6. The molecule has 0 unspecified atom stereocenters. The second kappa shape index (κ2) is 6.12. The lowest BCUT2D eigenvalue weighted by Crippen LogP contribution is -2.48. The summed E-state index contributed by atoms with van der Waals surface area (Å²) in [6, 6.07) is 3.85. The predicted molar refractivity (Wildman–Crippen MR) is 93.1 cm³/mol. The number of hydrogen-bond acceptors (Lipinski definition) is 5. The van der Waals surface area contributed by atoms with E-state index < -0.39 is 0 Å². The van der Waals surface area contributed by atoms with Gasteiger partial charge in [-0.3, -0.25) is 4.79 Å². The maximum atomic E-state index is 12.9. The van der Waals surface area contributed by atoms with Crippen molar-refractivity contribution in [3.05, 3.63) is 42.5 Å². The van der Waals surface area contributed by atoms with Crippen LogP contribution in [0.15, 0.2) is 36.9 Å². The van der Waals surface area contributed by atoms with Crippen LogP contribution in [0.2, 0.25) is 0 Å². The van der Waals surface area contributed by atoms with Gasteiger partial charge in [0.1, 0.15) is 11.2 Å². The van der Waals surface area contributed by atoms with Crippen molar-refractivity contribution in [1.29, 1.82) is 0 Å². The maximum Gasteiger partial charge on any atom is 0.259 e. The van der Waals surface area contributed by atoms with Gasteiger partial charge in [0.15, 0.2) is 0 Å². The summed E-state index contributed by atoms with van der Waals surface area (Å²) >= 11 is 0. The molecule has 0 aromatic carbocycles. The molecule has 3 aromatic heterocycles. The monoisotopic (exact) mass is 340 g/mol. The summed E-state index contributed by atoms with van der Waals surface area (Å²) in [5, 5.41) is 4.25. The number of methoxy groups -OCH3 is 1. The molecule has 8 heteroatoms. The number of ether oxygens (including phenoxy) is 1. The number of rotatable bonds is 3. The molecule has 0 radical (unpaired) electrons. The second-order valence-electron chi connectivity index (χ2n) is 6.07. The first kappa shape index (κ1) is 15.5. The van der Waals surface area contributed by atoms with E-state index in [-0.39, 0.29) is 5.91 Å². The van der Waals surface area contributed by atoms with Crippen LogP contribution in [0.3, 0.4) is 0 Å². The number of pyridine rings is 1. The molecule has 130 valence electrons. The van der Waals surface area contributed by atoms with Gasteiger partial charge in [-0.2, -0.15) is 5.10 Å². The van der Waals surface area contributed by atoms with Crippen molar-refractivity contribution in [2.75, 3.05) is 38.2 Å². The van der Waals surface area contributed by atoms with Crippen LogP contribution in [0.25, 0.3) is 5.65 Å². The number of piperazine rings is 1. The highest BCUT2D eigenvalue weighted by Gasteiger charge is 2.25. The summed E-state index contributed by atoms with van der Waals surface area (Å²) in [6.45, 7) is 2.90. The van der Waals surface area contributed by atoms with Crippen LogP contribution in [-0.4, -0.2) is 63.3 Å². The summed E-state index contributed by atoms with van der Waals surface area (Å²) in [4.78, 5) is 21.2. The molecule has 0 bridgehead atoms. The molecule has 0 spiro atoms. The molecule has 0 saturated carbocycles. The molecule has 3 aromatic rings. The molecule has 1 aliphatic heterocycles. The number of aryl methyl sites for hydroxylation is 1. The molecular weight excluding hydrogens is 320 g/mol. The molecule has 0 N–H and O–H groups in total. The lowest BCUT2D eigenvalue weighted by molar-refractivity contribution is 0.0748. The van der Waals surface area contributed by atoms with Crippen LogP contribution in [0.4, 0.5) is 5.69 Å². The Labute approximate surface area is 145 Å². The highest BCUT2D eigenvalue weighted by atomic mass is 16.5. The van der Waals surface area contributed by atoms with E-state index in [1.165, 1.54) is 0 Å². The fourth-order valence-corrected chi connectivity index (χ4v) is 3.22. The zero-order valence-corrected chi connectivity index (χ0v) is 14.3. The first-order valence-electron chi connectivity index (χ1n) is 8.20. The second-order valence-corrected chi connectivity index (χ2v) is 6.07. The number of carbonyl (C=O) groups is 1. The highest BCUT2D eigenvalue weighted by molar-refractivity contribution is 6.00. The minimum atomic E-state index is 0.0318. The van der Waals surface area contributed by atoms with Crippen LogP contribution in [0.5, 0.6) is 5.88 Å². The molecule has 1 amide bonds. The number of imidazole rings is 1. The van der Waals surface area contributed by atoms with E-state index in [4.69, 9.17) is 4.74 Å². The van der Waals surface area contributed by atoms with Gasteiger partial charge in [-0.05, 0) is 6.07 Å². The van der Waals surface area contributed by atoms with Gasteiger partial charge in [-0.15, -0.1) is 0 Å². The highest BCUT2D eigenvalue weighted by Crippen LogP contribution is 2.20. The van der Waals surface area contributed by atoms with Crippen molar-refractivity contribution in [1.82, 2.24) is 24.1 Å². The number of aromatic nitrogens is 4. The summed E-state index contributed by atoms with van der Waals surface area (Å²) in [5.41, 5.74) is 2.52. The van der Waals surface area contributed by atoms with Crippen molar-refractivity contribution < 1.29 is 9.53 Å². The third-order valence-corrected chi connectivity index (χ3v) is 4.63. The Balaban J connectivity index is 1.46. The van der Waals surface area contributed by atoms with Crippen LogP contribution in [0.1, 0.15) is 10.4 Å². The van der Waals surface area contributed by atoms with Gasteiger partial charge in [0.05, 0.1) is 25.2 Å². The van der Waals surface area contributed by atoms with Crippen LogP contribution >= 0.6 is 0 Å². The molecule has 0 aliphatic carbocycles. The van der Waals surface area contributed by atoms with Crippen molar-refractivity contribution in [2.24, 2.45) is 7.05 Å². The number of hydrogen-bond donors (Lipinski definition) is 0. The quantitative estimate of drug-likeness (QED) is 0.713. The van der Waals surface area contributed by atoms with Gasteiger partial charge in [0.2, 0.25) is 5.88 Å². The van der Waals surface area contributed by atoms with E-state index in [0.717, 1.165) is 24.4 Å². The average molecular weight is 340 g/mol. The standard InChI is InChI=1S/C17H20N6O2/c1-20-5-10-23-16(20)14(12-19-23)17(24)22-8-6-21(7-9-22)13-3-4-15(25-2)18-11-13/h3-5,10-12H,6-9H2,1-2H3. The van der Waals surface area contributed by atoms with Gasteiger partial charge < -0.3 is 19.1 Å².